The first-order valence-corrected chi connectivity index (χ1v) is 9.91. The average Bonchev–Trinajstić information content (AvgIpc) is 3.14. The van der Waals surface area contributed by atoms with E-state index < -0.39 is 11.7 Å². The smallest absolute Gasteiger partial charge is 0.416 e. The number of alkyl halides is 3. The number of ether oxygens (including phenoxy) is 2. The Hall–Kier alpha value is -2.94. The van der Waals surface area contributed by atoms with Gasteiger partial charge in [-0.25, -0.2) is 0 Å². The van der Waals surface area contributed by atoms with Crippen LogP contribution in [0.25, 0.3) is 11.4 Å². The molecule has 30 heavy (non-hydrogen) atoms. The van der Waals surface area contributed by atoms with Crippen LogP contribution in [0.2, 0.25) is 0 Å². The number of aromatic nitrogens is 3. The molecule has 0 amide bonds. The molecule has 0 saturated carbocycles. The zero-order valence-corrected chi connectivity index (χ0v) is 17.3. The molecule has 0 aliphatic rings. The van der Waals surface area contributed by atoms with Gasteiger partial charge in [0.05, 0.1) is 19.8 Å². The van der Waals surface area contributed by atoms with Gasteiger partial charge in [0.1, 0.15) is 0 Å². The Bertz CT molecular complexity index is 1030. The lowest BCUT2D eigenvalue weighted by molar-refractivity contribution is -0.137. The molecule has 5 nitrogen and oxygen atoms in total. The number of methoxy groups -OCH3 is 2. The van der Waals surface area contributed by atoms with Gasteiger partial charge in [-0.2, -0.15) is 13.2 Å². The Balaban J connectivity index is 1.87. The van der Waals surface area contributed by atoms with E-state index in [0.717, 1.165) is 17.7 Å². The van der Waals surface area contributed by atoms with Crippen LogP contribution in [0.4, 0.5) is 13.2 Å². The lowest BCUT2D eigenvalue weighted by atomic mass is 10.1. The zero-order chi connectivity index (χ0) is 21.7. The van der Waals surface area contributed by atoms with E-state index in [2.05, 4.69) is 16.8 Å². The van der Waals surface area contributed by atoms with Crippen molar-refractivity contribution in [1.29, 1.82) is 0 Å². The molecule has 0 aliphatic heterocycles. The predicted octanol–water partition coefficient (Wildman–Crippen LogP) is 5.46. The van der Waals surface area contributed by atoms with Crippen LogP contribution in [0.5, 0.6) is 11.5 Å². The fourth-order valence-corrected chi connectivity index (χ4v) is 3.75. The van der Waals surface area contributed by atoms with E-state index in [4.69, 9.17) is 9.47 Å². The third-order valence-corrected chi connectivity index (χ3v) is 5.33. The summed E-state index contributed by atoms with van der Waals surface area (Å²) in [6.45, 7) is 4.22. The number of benzene rings is 2. The van der Waals surface area contributed by atoms with Gasteiger partial charge in [0.25, 0.3) is 0 Å². The first kappa shape index (κ1) is 21.8. The van der Waals surface area contributed by atoms with Gasteiger partial charge in [-0.1, -0.05) is 36.0 Å². The maximum Gasteiger partial charge on any atom is 0.416 e. The van der Waals surface area contributed by atoms with Gasteiger partial charge in [0, 0.05) is 17.9 Å². The Kier molecular flexibility index (Phi) is 6.71. The second-order valence-electron chi connectivity index (χ2n) is 6.26. The molecule has 0 fully saturated rings. The van der Waals surface area contributed by atoms with E-state index >= 15 is 0 Å². The molecule has 0 spiro atoms. The quantitative estimate of drug-likeness (QED) is 0.347. The zero-order valence-electron chi connectivity index (χ0n) is 16.4. The van der Waals surface area contributed by atoms with Crippen molar-refractivity contribution in [2.45, 2.75) is 23.6 Å². The highest BCUT2D eigenvalue weighted by molar-refractivity contribution is 7.98. The molecule has 0 atom stereocenters. The summed E-state index contributed by atoms with van der Waals surface area (Å²) in [6.07, 6.45) is -2.66. The van der Waals surface area contributed by atoms with Crippen molar-refractivity contribution < 1.29 is 22.6 Å². The Morgan fingerprint density at radius 3 is 2.50 bits per heavy atom. The van der Waals surface area contributed by atoms with Gasteiger partial charge in [-0.05, 0) is 29.8 Å². The summed E-state index contributed by atoms with van der Waals surface area (Å²) in [4.78, 5) is 0. The molecule has 1 heterocycles. The summed E-state index contributed by atoms with van der Waals surface area (Å²) < 4.78 is 51.3. The molecule has 0 radical (unpaired) electrons. The molecule has 0 aliphatic carbocycles. The molecule has 158 valence electrons. The number of rotatable bonds is 8. The maximum atomic E-state index is 12.9. The summed E-state index contributed by atoms with van der Waals surface area (Å²) in [5.41, 5.74) is 0.655. The molecule has 0 N–H and O–H groups in total. The standard InChI is InChI=1S/C21H20F3N3O2S/c1-4-10-27-19(15-8-9-17(28-2)18(12-15)29-3)25-26-20(27)30-13-14-6-5-7-16(11-14)21(22,23)24/h4-9,11-12H,1,10,13H2,2-3H3. The Labute approximate surface area is 176 Å². The fourth-order valence-electron chi connectivity index (χ4n) is 2.86. The number of nitrogens with zero attached hydrogens (tertiary/aromatic N) is 3. The van der Waals surface area contributed by atoms with Crippen LogP contribution in [0.1, 0.15) is 11.1 Å². The normalized spacial score (nSPS) is 11.4. The maximum absolute atomic E-state index is 12.9. The number of allylic oxidation sites excluding steroid dienone is 1. The molecule has 9 heteroatoms. The molecule has 2 aromatic carbocycles. The van der Waals surface area contributed by atoms with Gasteiger partial charge in [0.15, 0.2) is 22.5 Å². The van der Waals surface area contributed by atoms with Crippen molar-refractivity contribution in [3.63, 3.8) is 0 Å². The highest BCUT2D eigenvalue weighted by Gasteiger charge is 2.30. The minimum Gasteiger partial charge on any atom is -0.493 e. The Morgan fingerprint density at radius 1 is 1.07 bits per heavy atom. The second kappa shape index (κ2) is 9.25. The molecular weight excluding hydrogens is 415 g/mol. The van der Waals surface area contributed by atoms with E-state index in [1.165, 1.54) is 17.8 Å². The third kappa shape index (κ3) is 4.79. The van der Waals surface area contributed by atoms with Crippen LogP contribution in [-0.4, -0.2) is 29.0 Å². The number of hydrogen-bond acceptors (Lipinski definition) is 5. The van der Waals surface area contributed by atoms with Gasteiger partial charge in [-0.3, -0.25) is 4.57 Å². The predicted molar refractivity (Wildman–Crippen MR) is 110 cm³/mol. The third-order valence-electron chi connectivity index (χ3n) is 4.29. The van der Waals surface area contributed by atoms with Gasteiger partial charge < -0.3 is 9.47 Å². The number of halogens is 3. The van der Waals surface area contributed by atoms with E-state index in [1.807, 2.05) is 10.6 Å². The summed E-state index contributed by atoms with van der Waals surface area (Å²) in [7, 11) is 3.10. The van der Waals surface area contributed by atoms with Gasteiger partial charge in [0.2, 0.25) is 0 Å². The van der Waals surface area contributed by atoms with Crippen LogP contribution in [0.3, 0.4) is 0 Å². The van der Waals surface area contributed by atoms with E-state index in [1.54, 1.807) is 38.5 Å². The molecule has 0 bridgehead atoms. The van der Waals surface area contributed by atoms with E-state index in [9.17, 15) is 13.2 Å². The molecule has 0 unspecified atom stereocenters. The van der Waals surface area contributed by atoms with Gasteiger partial charge in [-0.15, -0.1) is 16.8 Å². The minimum absolute atomic E-state index is 0.325. The molecule has 1 aromatic heterocycles. The van der Waals surface area contributed by atoms with Gasteiger partial charge >= 0.3 is 6.18 Å². The lowest BCUT2D eigenvalue weighted by Crippen LogP contribution is -2.05. The van der Waals surface area contributed by atoms with Crippen molar-refractivity contribution in [2.24, 2.45) is 0 Å². The second-order valence-corrected chi connectivity index (χ2v) is 7.20. The topological polar surface area (TPSA) is 49.2 Å². The highest BCUT2D eigenvalue weighted by atomic mass is 32.2. The minimum atomic E-state index is -4.37. The van der Waals surface area contributed by atoms with Crippen molar-refractivity contribution in [1.82, 2.24) is 14.8 Å². The highest BCUT2D eigenvalue weighted by Crippen LogP contribution is 2.34. The molecule has 3 aromatic rings. The number of thioether (sulfide) groups is 1. The summed E-state index contributed by atoms with van der Waals surface area (Å²) in [5.74, 6) is 2.07. The van der Waals surface area contributed by atoms with Crippen LogP contribution < -0.4 is 9.47 Å². The monoisotopic (exact) mass is 435 g/mol. The number of hydrogen-bond donors (Lipinski definition) is 0. The largest absolute Gasteiger partial charge is 0.493 e. The molecule has 3 rings (SSSR count). The van der Waals surface area contributed by atoms with Crippen LogP contribution in [-0.2, 0) is 18.5 Å². The summed E-state index contributed by atoms with van der Waals surface area (Å²) in [6, 6.07) is 10.7. The summed E-state index contributed by atoms with van der Waals surface area (Å²) in [5, 5.41) is 9.08. The van der Waals surface area contributed by atoms with Crippen molar-refractivity contribution in [3.05, 3.63) is 66.2 Å². The average molecular weight is 435 g/mol. The lowest BCUT2D eigenvalue weighted by Gasteiger charge is -2.11. The first-order valence-electron chi connectivity index (χ1n) is 8.92. The summed E-state index contributed by atoms with van der Waals surface area (Å²) >= 11 is 1.31. The fraction of sp³-hybridized carbons (Fsp3) is 0.238. The Morgan fingerprint density at radius 2 is 1.83 bits per heavy atom. The van der Waals surface area contributed by atoms with Crippen molar-refractivity contribution >= 4 is 11.8 Å². The molecule has 0 saturated heterocycles. The van der Waals surface area contributed by atoms with Crippen LogP contribution >= 0.6 is 11.8 Å². The SMILES string of the molecule is C=CCn1c(SCc2cccc(C(F)(F)F)c2)nnc1-c1ccc(OC)c(OC)c1. The van der Waals surface area contributed by atoms with Crippen LogP contribution in [0, 0.1) is 0 Å². The molecular formula is C21H20F3N3O2S. The first-order chi connectivity index (χ1) is 14.4. The van der Waals surface area contributed by atoms with Crippen molar-refractivity contribution in [2.75, 3.05) is 14.2 Å². The van der Waals surface area contributed by atoms with E-state index in [0.29, 0.717) is 40.3 Å². The van der Waals surface area contributed by atoms with Crippen LogP contribution in [0.15, 0.2) is 60.3 Å². The van der Waals surface area contributed by atoms with Crippen molar-refractivity contribution in [3.8, 4) is 22.9 Å². The van der Waals surface area contributed by atoms with E-state index in [-0.39, 0.29) is 0 Å².